The quantitative estimate of drug-likeness (QED) is 0.447. The molecule has 4 N–H and O–H groups in total. The highest BCUT2D eigenvalue weighted by molar-refractivity contribution is 4.74. The Bertz CT molecular complexity index is 102. The molecule has 0 radical (unpaired) electrons. The lowest BCUT2D eigenvalue weighted by atomic mass is 10.2. The third-order valence-electron chi connectivity index (χ3n) is 2.17. The minimum Gasteiger partial charge on any atom is -0.316 e. The summed E-state index contributed by atoms with van der Waals surface area (Å²) in [7, 11) is 3.96. The first-order valence-corrected chi connectivity index (χ1v) is 3.56. The summed E-state index contributed by atoms with van der Waals surface area (Å²) in [6.07, 6.45) is 1.12. The van der Waals surface area contributed by atoms with E-state index in [4.69, 9.17) is 11.5 Å². The van der Waals surface area contributed by atoms with E-state index in [9.17, 15) is 0 Å². The van der Waals surface area contributed by atoms with Crippen molar-refractivity contribution >= 4 is 0 Å². The molecule has 0 bridgehead atoms. The normalized spacial score (nSPS) is 38.4. The molecule has 0 aromatic rings. The molecule has 0 saturated carbocycles. The van der Waals surface area contributed by atoms with Crippen LogP contribution in [-0.2, 0) is 0 Å². The van der Waals surface area contributed by atoms with E-state index >= 15 is 0 Å². The lowest BCUT2D eigenvalue weighted by Gasteiger charge is -2.41. The molecule has 4 heteroatoms. The molecule has 0 aliphatic carbocycles. The lowest BCUT2D eigenvalue weighted by molar-refractivity contribution is 0.00662. The van der Waals surface area contributed by atoms with Gasteiger partial charge in [-0.15, -0.1) is 0 Å². The van der Waals surface area contributed by atoms with Gasteiger partial charge in [0.05, 0.1) is 6.17 Å². The van der Waals surface area contributed by atoms with E-state index in [1.54, 1.807) is 0 Å². The Morgan fingerprint density at radius 3 is 2.40 bits per heavy atom. The summed E-state index contributed by atoms with van der Waals surface area (Å²) >= 11 is 0. The second-order valence-corrected chi connectivity index (χ2v) is 2.92. The first-order chi connectivity index (χ1) is 4.63. The fraction of sp³-hybridized carbons (Fsp3) is 1.00. The van der Waals surface area contributed by atoms with Gasteiger partial charge in [0.15, 0.2) is 0 Å². The van der Waals surface area contributed by atoms with Crippen LogP contribution < -0.4 is 11.5 Å². The highest BCUT2D eigenvalue weighted by atomic mass is 15.4. The molecule has 60 valence electrons. The zero-order valence-corrected chi connectivity index (χ0v) is 6.62. The van der Waals surface area contributed by atoms with Crippen LogP contribution in [0.3, 0.4) is 0 Å². The molecule has 4 nitrogen and oxygen atoms in total. The van der Waals surface area contributed by atoms with E-state index in [2.05, 4.69) is 4.90 Å². The molecule has 1 rings (SSSR count). The van der Waals surface area contributed by atoms with Gasteiger partial charge in [-0.25, -0.2) is 0 Å². The Labute approximate surface area is 61.8 Å². The predicted molar refractivity (Wildman–Crippen MR) is 41.0 cm³/mol. The van der Waals surface area contributed by atoms with Crippen LogP contribution in [0.5, 0.6) is 0 Å². The molecule has 1 aliphatic heterocycles. The summed E-state index contributed by atoms with van der Waals surface area (Å²) in [4.78, 5) is 4.06. The molecular formula is C6H16N4. The third-order valence-corrected chi connectivity index (χ3v) is 2.17. The van der Waals surface area contributed by atoms with E-state index in [1.807, 2.05) is 19.0 Å². The highest BCUT2D eigenvalue weighted by Gasteiger charge is 2.25. The van der Waals surface area contributed by atoms with E-state index < -0.39 is 0 Å². The van der Waals surface area contributed by atoms with Crippen molar-refractivity contribution in [2.75, 3.05) is 20.6 Å². The second-order valence-electron chi connectivity index (χ2n) is 2.92. The molecule has 0 aromatic carbocycles. The van der Waals surface area contributed by atoms with Crippen LogP contribution in [0.25, 0.3) is 0 Å². The first kappa shape index (κ1) is 7.94. The SMILES string of the molecule is CN1CCC(N)N(C)C1N. The Morgan fingerprint density at radius 2 is 1.90 bits per heavy atom. The van der Waals surface area contributed by atoms with Gasteiger partial charge in [-0.1, -0.05) is 0 Å². The molecule has 0 spiro atoms. The van der Waals surface area contributed by atoms with E-state index in [1.165, 1.54) is 0 Å². The van der Waals surface area contributed by atoms with Gasteiger partial charge in [0, 0.05) is 6.54 Å². The minimum atomic E-state index is -0.0104. The van der Waals surface area contributed by atoms with Crippen LogP contribution >= 0.6 is 0 Å². The van der Waals surface area contributed by atoms with Gasteiger partial charge in [0.2, 0.25) is 0 Å². The molecule has 0 amide bonds. The van der Waals surface area contributed by atoms with Crippen molar-refractivity contribution < 1.29 is 0 Å². The maximum absolute atomic E-state index is 5.78. The van der Waals surface area contributed by atoms with Crippen LogP contribution in [0.2, 0.25) is 0 Å². The molecular weight excluding hydrogens is 128 g/mol. The molecule has 2 unspecified atom stereocenters. The maximum Gasteiger partial charge on any atom is 0.115 e. The van der Waals surface area contributed by atoms with Gasteiger partial charge >= 0.3 is 0 Å². The average molecular weight is 144 g/mol. The standard InChI is InChI=1S/C6H16N4/c1-9-4-3-5(7)10(2)6(9)8/h5-6H,3-4,7-8H2,1-2H3. The second kappa shape index (κ2) is 2.84. The molecule has 0 aromatic heterocycles. The van der Waals surface area contributed by atoms with Crippen LogP contribution in [0.15, 0.2) is 0 Å². The topological polar surface area (TPSA) is 58.5 Å². The van der Waals surface area contributed by atoms with Gasteiger partial charge in [-0.3, -0.25) is 9.80 Å². The van der Waals surface area contributed by atoms with Crippen LogP contribution in [-0.4, -0.2) is 42.9 Å². The summed E-state index contributed by atoms with van der Waals surface area (Å²) in [5, 5.41) is 0. The van der Waals surface area contributed by atoms with E-state index in [-0.39, 0.29) is 12.5 Å². The third kappa shape index (κ3) is 1.29. The van der Waals surface area contributed by atoms with Crippen molar-refractivity contribution in [1.82, 2.24) is 9.80 Å². The number of nitrogens with two attached hydrogens (primary N) is 2. The van der Waals surface area contributed by atoms with Crippen LogP contribution in [0, 0.1) is 0 Å². The summed E-state index contributed by atoms with van der Waals surface area (Å²) in [6.45, 7) is 0.993. The van der Waals surface area contributed by atoms with Gasteiger partial charge in [-0.2, -0.15) is 0 Å². The van der Waals surface area contributed by atoms with Gasteiger partial charge < -0.3 is 11.5 Å². The Kier molecular flexibility index (Phi) is 2.25. The summed E-state index contributed by atoms with van der Waals surface area (Å²) in [5.74, 6) is 0. The zero-order chi connectivity index (χ0) is 7.72. The molecule has 1 saturated heterocycles. The van der Waals surface area contributed by atoms with Crippen molar-refractivity contribution in [3.63, 3.8) is 0 Å². The van der Waals surface area contributed by atoms with E-state index in [0.29, 0.717) is 0 Å². The van der Waals surface area contributed by atoms with Crippen LogP contribution in [0.1, 0.15) is 6.42 Å². The van der Waals surface area contributed by atoms with Crippen molar-refractivity contribution in [2.24, 2.45) is 11.5 Å². The number of hydrogen-bond donors (Lipinski definition) is 2. The summed E-state index contributed by atoms with van der Waals surface area (Å²) < 4.78 is 0. The summed E-state index contributed by atoms with van der Waals surface area (Å²) in [5.41, 5.74) is 11.5. The number of hydrogen-bond acceptors (Lipinski definition) is 4. The van der Waals surface area contributed by atoms with Crippen molar-refractivity contribution in [3.8, 4) is 0 Å². The highest BCUT2D eigenvalue weighted by Crippen LogP contribution is 2.08. The first-order valence-electron chi connectivity index (χ1n) is 3.56. The van der Waals surface area contributed by atoms with E-state index in [0.717, 1.165) is 13.0 Å². The average Bonchev–Trinajstić information content (AvgIpc) is 1.93. The zero-order valence-electron chi connectivity index (χ0n) is 6.62. The van der Waals surface area contributed by atoms with Crippen molar-refractivity contribution in [3.05, 3.63) is 0 Å². The monoisotopic (exact) mass is 144 g/mol. The largest absolute Gasteiger partial charge is 0.316 e. The smallest absolute Gasteiger partial charge is 0.115 e. The predicted octanol–water partition coefficient (Wildman–Crippen LogP) is -1.22. The molecule has 1 fully saturated rings. The fourth-order valence-electron chi connectivity index (χ4n) is 1.18. The molecule has 10 heavy (non-hydrogen) atoms. The maximum atomic E-state index is 5.78. The lowest BCUT2D eigenvalue weighted by Crippen LogP contribution is -2.61. The van der Waals surface area contributed by atoms with Crippen molar-refractivity contribution in [1.29, 1.82) is 0 Å². The Hall–Kier alpha value is -0.160. The fourth-order valence-corrected chi connectivity index (χ4v) is 1.18. The minimum absolute atomic E-state index is 0.0104. The molecule has 1 heterocycles. The Balaban J connectivity index is 2.52. The summed E-state index contributed by atoms with van der Waals surface area (Å²) in [6, 6.07) is 0. The van der Waals surface area contributed by atoms with Crippen LogP contribution in [0.4, 0.5) is 0 Å². The van der Waals surface area contributed by atoms with Gasteiger partial charge in [0.25, 0.3) is 0 Å². The molecule has 2 atom stereocenters. The number of nitrogens with zero attached hydrogens (tertiary/aromatic N) is 2. The Morgan fingerprint density at radius 1 is 1.30 bits per heavy atom. The van der Waals surface area contributed by atoms with Gasteiger partial charge in [-0.05, 0) is 20.5 Å². The van der Waals surface area contributed by atoms with Crippen molar-refractivity contribution in [2.45, 2.75) is 18.9 Å². The number of rotatable bonds is 0. The molecule has 1 aliphatic rings. The van der Waals surface area contributed by atoms with Gasteiger partial charge in [0.1, 0.15) is 6.29 Å².